The van der Waals surface area contributed by atoms with Gasteiger partial charge in [-0.3, -0.25) is 9.46 Å². The van der Waals surface area contributed by atoms with Crippen LogP contribution in [0.1, 0.15) is 34.5 Å². The fraction of sp³-hybridized carbons (Fsp3) is 0.156. The summed E-state index contributed by atoms with van der Waals surface area (Å²) in [7, 11) is -4.68. The van der Waals surface area contributed by atoms with Crippen molar-refractivity contribution < 1.29 is 14.4 Å². The van der Waals surface area contributed by atoms with Gasteiger partial charge in [-0.05, 0) is 23.3 Å². The van der Waals surface area contributed by atoms with Gasteiger partial charge in [-0.15, -0.1) is 0 Å². The summed E-state index contributed by atoms with van der Waals surface area (Å²) in [5.41, 5.74) is 5.47. The van der Waals surface area contributed by atoms with E-state index < -0.39 is 13.4 Å². The van der Waals surface area contributed by atoms with E-state index in [0.717, 1.165) is 29.1 Å². The van der Waals surface area contributed by atoms with Crippen LogP contribution in [0, 0.1) is 0 Å². The summed E-state index contributed by atoms with van der Waals surface area (Å²) in [6.07, 6.45) is 0. The first-order chi connectivity index (χ1) is 19.5. The minimum absolute atomic E-state index is 0.194. The van der Waals surface area contributed by atoms with Gasteiger partial charge in [0.1, 0.15) is 5.82 Å². The molecule has 1 aromatic heterocycles. The van der Waals surface area contributed by atoms with Crippen LogP contribution in [-0.2, 0) is 17.7 Å². The molecule has 0 aliphatic carbocycles. The Bertz CT molecular complexity index is 1610. The largest absolute Gasteiger partial charge is 0.365 e. The zero-order chi connectivity index (χ0) is 27.5. The zero-order valence-electron chi connectivity index (χ0n) is 21.9. The molecule has 5 aromatic rings. The Morgan fingerprint density at radius 2 is 1.40 bits per heavy atom. The molecule has 0 saturated heterocycles. The summed E-state index contributed by atoms with van der Waals surface area (Å²) in [5, 5.41) is 3.11. The monoisotopic (exact) mass is 550 g/mol. The molecular formula is C32H31N4O3P. The smallest absolute Gasteiger partial charge is 0.355 e. The number of benzene rings is 4. The Hall–Kier alpha value is -4.00. The molecule has 4 aromatic carbocycles. The van der Waals surface area contributed by atoms with Crippen molar-refractivity contribution >= 4 is 13.3 Å². The van der Waals surface area contributed by atoms with Crippen LogP contribution in [-0.4, -0.2) is 30.8 Å². The summed E-state index contributed by atoms with van der Waals surface area (Å²) < 4.78 is 15.2. The van der Waals surface area contributed by atoms with Crippen molar-refractivity contribution in [1.29, 1.82) is 0 Å². The van der Waals surface area contributed by atoms with Crippen LogP contribution >= 0.6 is 7.60 Å². The summed E-state index contributed by atoms with van der Waals surface area (Å²) in [5.74, 6) is -0.989. The summed E-state index contributed by atoms with van der Waals surface area (Å²) in [4.78, 5) is 28.7. The third-order valence-electron chi connectivity index (χ3n) is 7.29. The molecule has 1 aliphatic rings. The molecule has 7 nitrogen and oxygen atoms in total. The van der Waals surface area contributed by atoms with Crippen molar-refractivity contribution in [3.8, 4) is 11.3 Å². The van der Waals surface area contributed by atoms with Crippen LogP contribution in [0.4, 0.5) is 5.69 Å². The van der Waals surface area contributed by atoms with Gasteiger partial charge in [-0.25, -0.2) is 4.98 Å². The first-order valence-corrected chi connectivity index (χ1v) is 15.0. The van der Waals surface area contributed by atoms with Gasteiger partial charge in [0.05, 0.1) is 17.4 Å². The number of imidazole rings is 1. The molecule has 0 fully saturated rings. The van der Waals surface area contributed by atoms with Crippen molar-refractivity contribution in [3.05, 3.63) is 144 Å². The van der Waals surface area contributed by atoms with Crippen molar-refractivity contribution in [3.63, 3.8) is 0 Å². The number of anilines is 1. The van der Waals surface area contributed by atoms with Crippen LogP contribution in [0.5, 0.6) is 0 Å². The van der Waals surface area contributed by atoms with E-state index >= 15 is 0 Å². The lowest BCUT2D eigenvalue weighted by atomic mass is 10.0. The van der Waals surface area contributed by atoms with Crippen molar-refractivity contribution in [2.45, 2.75) is 24.9 Å². The summed E-state index contributed by atoms with van der Waals surface area (Å²) in [6.45, 7) is 2.01. The molecule has 0 saturated carbocycles. The van der Waals surface area contributed by atoms with Crippen molar-refractivity contribution in [2.24, 2.45) is 0 Å². The standard InChI is InChI=1S/C32H31N4O3P/c37-40(38,39)32(33-27-19-11-4-12-20-27)31-34-30(26-17-9-3-10-18-26)29-23-35(21-24-13-5-1-6-14-24)22-28(36(29)31)25-15-7-2-8-16-25/h1-20,28,32-33H,21-23H2,(H2,37,38,39). The van der Waals surface area contributed by atoms with Crippen molar-refractivity contribution in [1.82, 2.24) is 14.5 Å². The lowest BCUT2D eigenvalue weighted by Crippen LogP contribution is -2.38. The average molecular weight is 551 g/mol. The van der Waals surface area contributed by atoms with Gasteiger partial charge in [0.15, 0.2) is 5.78 Å². The average Bonchev–Trinajstić information content (AvgIpc) is 3.36. The minimum Gasteiger partial charge on any atom is -0.365 e. The lowest BCUT2D eigenvalue weighted by molar-refractivity contribution is 0.190. The highest BCUT2D eigenvalue weighted by molar-refractivity contribution is 7.52. The number of fused-ring (bicyclic) bond motifs is 1. The molecule has 1 aliphatic heterocycles. The van der Waals surface area contributed by atoms with E-state index in [9.17, 15) is 14.4 Å². The Morgan fingerprint density at radius 3 is 2.02 bits per heavy atom. The fourth-order valence-electron chi connectivity index (χ4n) is 5.49. The van der Waals surface area contributed by atoms with Crippen molar-refractivity contribution in [2.75, 3.05) is 11.9 Å². The van der Waals surface area contributed by atoms with E-state index in [0.29, 0.717) is 24.6 Å². The van der Waals surface area contributed by atoms with E-state index in [4.69, 9.17) is 4.98 Å². The van der Waals surface area contributed by atoms with Crippen LogP contribution in [0.3, 0.4) is 0 Å². The number of rotatable bonds is 8. The second-order valence-electron chi connectivity index (χ2n) is 10.1. The molecule has 2 atom stereocenters. The first-order valence-electron chi connectivity index (χ1n) is 13.3. The Balaban J connectivity index is 1.54. The highest BCUT2D eigenvalue weighted by Gasteiger charge is 2.40. The number of nitrogens with one attached hydrogen (secondary N) is 1. The van der Waals surface area contributed by atoms with E-state index in [1.807, 2.05) is 84.9 Å². The third-order valence-corrected chi connectivity index (χ3v) is 8.32. The number of aromatic nitrogens is 2. The maximum atomic E-state index is 13.1. The molecule has 2 heterocycles. The van der Waals surface area contributed by atoms with E-state index in [1.165, 1.54) is 5.56 Å². The van der Waals surface area contributed by atoms with E-state index in [1.54, 1.807) is 12.1 Å². The number of hydrogen-bond acceptors (Lipinski definition) is 4. The molecule has 0 amide bonds. The van der Waals surface area contributed by atoms with Gasteiger partial charge in [0, 0.05) is 30.9 Å². The predicted molar refractivity (Wildman–Crippen MR) is 158 cm³/mol. The fourth-order valence-corrected chi connectivity index (χ4v) is 6.29. The number of nitrogens with zero attached hydrogens (tertiary/aromatic N) is 3. The lowest BCUT2D eigenvalue weighted by Gasteiger charge is -2.37. The molecule has 6 rings (SSSR count). The van der Waals surface area contributed by atoms with Gasteiger partial charge >= 0.3 is 7.60 Å². The first kappa shape index (κ1) is 26.2. The second kappa shape index (κ2) is 11.2. The summed E-state index contributed by atoms with van der Waals surface area (Å²) >= 11 is 0. The molecule has 40 heavy (non-hydrogen) atoms. The highest BCUT2D eigenvalue weighted by atomic mass is 31.2. The zero-order valence-corrected chi connectivity index (χ0v) is 22.8. The molecule has 0 spiro atoms. The minimum atomic E-state index is -4.68. The van der Waals surface area contributed by atoms with Crippen LogP contribution in [0.15, 0.2) is 121 Å². The molecule has 0 radical (unpaired) electrons. The second-order valence-corrected chi connectivity index (χ2v) is 11.8. The van der Waals surface area contributed by atoms with Crippen LogP contribution in [0.25, 0.3) is 11.3 Å². The quantitative estimate of drug-likeness (QED) is 0.193. The summed E-state index contributed by atoms with van der Waals surface area (Å²) in [6, 6.07) is 39.3. The molecule has 202 valence electrons. The normalized spacial score (nSPS) is 16.3. The number of hydrogen-bond donors (Lipinski definition) is 3. The molecule has 2 unspecified atom stereocenters. The predicted octanol–water partition coefficient (Wildman–Crippen LogP) is 6.44. The third kappa shape index (κ3) is 5.51. The molecular weight excluding hydrogens is 519 g/mol. The number of para-hydroxylation sites is 1. The van der Waals surface area contributed by atoms with E-state index in [2.05, 4.69) is 39.0 Å². The van der Waals surface area contributed by atoms with Gasteiger partial charge < -0.3 is 19.7 Å². The highest BCUT2D eigenvalue weighted by Crippen LogP contribution is 2.53. The SMILES string of the molecule is O=P(O)(O)C(Nc1ccccc1)c1nc(-c2ccccc2)c2n1C(c1ccccc1)CN(Cc1ccccc1)C2. The maximum absolute atomic E-state index is 13.1. The van der Waals surface area contributed by atoms with Crippen LogP contribution < -0.4 is 5.32 Å². The molecule has 8 heteroatoms. The van der Waals surface area contributed by atoms with Crippen LogP contribution in [0.2, 0.25) is 0 Å². The van der Waals surface area contributed by atoms with Gasteiger partial charge in [-0.1, -0.05) is 109 Å². The Morgan fingerprint density at radius 1 is 0.825 bits per heavy atom. The Kier molecular flexibility index (Phi) is 7.37. The molecule has 0 bridgehead atoms. The van der Waals surface area contributed by atoms with E-state index in [-0.39, 0.29) is 6.04 Å². The Labute approximate surface area is 233 Å². The van der Waals surface area contributed by atoms with Gasteiger partial charge in [0.25, 0.3) is 0 Å². The molecule has 3 N–H and O–H groups in total. The van der Waals surface area contributed by atoms with Gasteiger partial charge in [0.2, 0.25) is 0 Å². The maximum Gasteiger partial charge on any atom is 0.355 e. The topological polar surface area (TPSA) is 90.6 Å². The van der Waals surface area contributed by atoms with Gasteiger partial charge in [-0.2, -0.15) is 0 Å².